The summed E-state index contributed by atoms with van der Waals surface area (Å²) in [5.74, 6) is 0.294. The maximum atomic E-state index is 12.3. The monoisotopic (exact) mass is 264 g/mol. The van der Waals surface area contributed by atoms with Crippen molar-refractivity contribution in [3.05, 3.63) is 18.0 Å². The lowest BCUT2D eigenvalue weighted by atomic mass is 9.76. The molecule has 1 aromatic heterocycles. The first-order valence-electron chi connectivity index (χ1n) is 6.98. The van der Waals surface area contributed by atoms with E-state index in [-0.39, 0.29) is 17.4 Å². The highest BCUT2D eigenvalue weighted by atomic mass is 16.5. The largest absolute Gasteiger partial charge is 0.381 e. The van der Waals surface area contributed by atoms with Crippen LogP contribution in [0.1, 0.15) is 42.7 Å². The van der Waals surface area contributed by atoms with Gasteiger partial charge in [0.2, 0.25) is 5.76 Å². The Morgan fingerprint density at radius 2 is 2.37 bits per heavy atom. The van der Waals surface area contributed by atoms with Crippen LogP contribution >= 0.6 is 0 Å². The van der Waals surface area contributed by atoms with Gasteiger partial charge in [-0.3, -0.25) is 4.79 Å². The number of hydrogen-bond donors (Lipinski definition) is 0. The molecule has 0 N–H and O–H groups in total. The van der Waals surface area contributed by atoms with Crippen molar-refractivity contribution < 1.29 is 14.1 Å². The smallest absolute Gasteiger partial charge is 0.292 e. The molecular weight excluding hydrogens is 244 g/mol. The summed E-state index contributed by atoms with van der Waals surface area (Å²) >= 11 is 0. The fourth-order valence-corrected chi connectivity index (χ4v) is 3.76. The van der Waals surface area contributed by atoms with E-state index in [0.717, 1.165) is 38.8 Å². The molecule has 2 heterocycles. The number of ether oxygens (including phenoxy) is 1. The SMILES string of the molecule is CO[C@@H]1CCC[C@]12CCCN(C(=O)c1ccno1)C2. The van der Waals surface area contributed by atoms with Crippen LogP contribution in [0.3, 0.4) is 0 Å². The molecule has 2 atom stereocenters. The van der Waals surface area contributed by atoms with Gasteiger partial charge in [-0.1, -0.05) is 11.6 Å². The highest BCUT2D eigenvalue weighted by Gasteiger charge is 2.46. The van der Waals surface area contributed by atoms with Gasteiger partial charge in [-0.25, -0.2) is 0 Å². The number of rotatable bonds is 2. The average molecular weight is 264 g/mol. The van der Waals surface area contributed by atoms with E-state index < -0.39 is 0 Å². The zero-order chi connectivity index (χ0) is 13.3. The normalized spacial score (nSPS) is 31.0. The van der Waals surface area contributed by atoms with Gasteiger partial charge in [0.1, 0.15) is 0 Å². The van der Waals surface area contributed by atoms with E-state index in [1.807, 2.05) is 4.90 Å². The number of amides is 1. The molecule has 1 amide bonds. The van der Waals surface area contributed by atoms with Crippen LogP contribution in [0.2, 0.25) is 0 Å². The first-order chi connectivity index (χ1) is 9.25. The molecule has 1 spiro atoms. The van der Waals surface area contributed by atoms with Gasteiger partial charge in [-0.05, 0) is 25.7 Å². The molecule has 5 nitrogen and oxygen atoms in total. The van der Waals surface area contributed by atoms with Gasteiger partial charge >= 0.3 is 0 Å². The summed E-state index contributed by atoms with van der Waals surface area (Å²) in [6.07, 6.45) is 7.47. The van der Waals surface area contributed by atoms with Crippen LogP contribution in [-0.4, -0.2) is 42.3 Å². The molecule has 2 aliphatic rings. The Hall–Kier alpha value is -1.36. The Balaban J connectivity index is 1.76. The zero-order valence-corrected chi connectivity index (χ0v) is 11.3. The van der Waals surface area contributed by atoms with E-state index in [1.165, 1.54) is 12.6 Å². The van der Waals surface area contributed by atoms with E-state index in [4.69, 9.17) is 9.26 Å². The summed E-state index contributed by atoms with van der Waals surface area (Å²) in [5.41, 5.74) is 0.155. The van der Waals surface area contributed by atoms with Crippen LogP contribution in [0.15, 0.2) is 16.8 Å². The highest BCUT2D eigenvalue weighted by molar-refractivity contribution is 5.91. The third-order valence-electron chi connectivity index (χ3n) is 4.65. The second-order valence-corrected chi connectivity index (χ2v) is 5.69. The molecule has 5 heteroatoms. The molecule has 2 fully saturated rings. The first kappa shape index (κ1) is 12.7. The molecule has 0 bridgehead atoms. The van der Waals surface area contributed by atoms with Gasteiger partial charge in [-0.15, -0.1) is 0 Å². The fourth-order valence-electron chi connectivity index (χ4n) is 3.76. The van der Waals surface area contributed by atoms with E-state index in [0.29, 0.717) is 5.76 Å². The van der Waals surface area contributed by atoms with Crippen molar-refractivity contribution in [2.75, 3.05) is 20.2 Å². The molecule has 1 saturated heterocycles. The molecule has 1 aromatic rings. The molecule has 0 unspecified atom stereocenters. The van der Waals surface area contributed by atoms with Crippen LogP contribution in [0.4, 0.5) is 0 Å². The summed E-state index contributed by atoms with van der Waals surface area (Å²) in [6.45, 7) is 1.59. The van der Waals surface area contributed by atoms with Crippen LogP contribution in [0, 0.1) is 5.41 Å². The standard InChI is InChI=1S/C14H20N2O3/c1-18-12-4-2-6-14(12)7-3-9-16(10-14)13(17)11-5-8-15-19-11/h5,8,12H,2-4,6-7,9-10H2,1H3/t12-,14-/m1/s1. The lowest BCUT2D eigenvalue weighted by molar-refractivity contribution is -0.0302. The second-order valence-electron chi connectivity index (χ2n) is 5.69. The van der Waals surface area contributed by atoms with E-state index in [2.05, 4.69) is 5.16 Å². The number of carbonyl (C=O) groups is 1. The van der Waals surface area contributed by atoms with E-state index in [1.54, 1.807) is 13.2 Å². The Morgan fingerprint density at radius 3 is 3.11 bits per heavy atom. The van der Waals surface area contributed by atoms with E-state index in [9.17, 15) is 4.79 Å². The average Bonchev–Trinajstić information content (AvgIpc) is 3.08. The molecule has 1 saturated carbocycles. The number of likely N-dealkylation sites (tertiary alicyclic amines) is 1. The van der Waals surface area contributed by atoms with Crippen molar-refractivity contribution in [2.45, 2.75) is 38.2 Å². The summed E-state index contributed by atoms with van der Waals surface area (Å²) in [4.78, 5) is 14.3. The van der Waals surface area contributed by atoms with Crippen LogP contribution in [0.25, 0.3) is 0 Å². The predicted molar refractivity (Wildman–Crippen MR) is 68.7 cm³/mol. The van der Waals surface area contributed by atoms with Gasteiger partial charge in [-0.2, -0.15) is 0 Å². The number of methoxy groups -OCH3 is 1. The van der Waals surface area contributed by atoms with Crippen molar-refractivity contribution in [3.63, 3.8) is 0 Å². The second kappa shape index (κ2) is 4.96. The lowest BCUT2D eigenvalue weighted by Gasteiger charge is -2.43. The molecule has 104 valence electrons. The van der Waals surface area contributed by atoms with Crippen LogP contribution in [-0.2, 0) is 4.74 Å². The minimum absolute atomic E-state index is 0.0432. The summed E-state index contributed by atoms with van der Waals surface area (Å²) in [5, 5.41) is 3.61. The minimum Gasteiger partial charge on any atom is -0.381 e. The molecule has 1 aliphatic carbocycles. The quantitative estimate of drug-likeness (QED) is 0.820. The molecule has 19 heavy (non-hydrogen) atoms. The molecule has 0 radical (unpaired) electrons. The number of hydrogen-bond acceptors (Lipinski definition) is 4. The number of aromatic nitrogens is 1. The van der Waals surface area contributed by atoms with Crippen molar-refractivity contribution in [1.29, 1.82) is 0 Å². The number of carbonyl (C=O) groups excluding carboxylic acids is 1. The Morgan fingerprint density at radius 1 is 1.53 bits per heavy atom. The number of nitrogens with zero attached hydrogens (tertiary/aromatic N) is 2. The Labute approximate surface area is 112 Å². The maximum absolute atomic E-state index is 12.3. The molecule has 3 rings (SSSR count). The Bertz CT molecular complexity index is 446. The lowest BCUT2D eigenvalue weighted by Crippen LogP contribution is -2.49. The van der Waals surface area contributed by atoms with Crippen molar-refractivity contribution in [3.8, 4) is 0 Å². The first-order valence-corrected chi connectivity index (χ1v) is 6.98. The van der Waals surface area contributed by atoms with E-state index >= 15 is 0 Å². The van der Waals surface area contributed by atoms with Gasteiger partial charge < -0.3 is 14.2 Å². The molecular formula is C14H20N2O3. The van der Waals surface area contributed by atoms with Crippen molar-refractivity contribution >= 4 is 5.91 Å². The van der Waals surface area contributed by atoms with Gasteiger partial charge in [0, 0.05) is 31.7 Å². The maximum Gasteiger partial charge on any atom is 0.292 e. The van der Waals surface area contributed by atoms with Crippen molar-refractivity contribution in [2.24, 2.45) is 5.41 Å². The summed E-state index contributed by atoms with van der Waals surface area (Å²) < 4.78 is 10.6. The third kappa shape index (κ3) is 2.16. The van der Waals surface area contributed by atoms with Crippen molar-refractivity contribution in [1.82, 2.24) is 10.1 Å². The predicted octanol–water partition coefficient (Wildman–Crippen LogP) is 2.10. The molecule has 1 aliphatic heterocycles. The topological polar surface area (TPSA) is 55.6 Å². The minimum atomic E-state index is -0.0432. The zero-order valence-electron chi connectivity index (χ0n) is 11.3. The Kier molecular flexibility index (Phi) is 3.31. The van der Waals surface area contributed by atoms with Gasteiger partial charge in [0.05, 0.1) is 12.3 Å². The number of piperidine rings is 1. The third-order valence-corrected chi connectivity index (χ3v) is 4.65. The van der Waals surface area contributed by atoms with Gasteiger partial charge in [0.25, 0.3) is 5.91 Å². The van der Waals surface area contributed by atoms with Gasteiger partial charge in [0.15, 0.2) is 0 Å². The van der Waals surface area contributed by atoms with Crippen LogP contribution < -0.4 is 0 Å². The highest BCUT2D eigenvalue weighted by Crippen LogP contribution is 2.46. The molecule has 0 aromatic carbocycles. The summed E-state index contributed by atoms with van der Waals surface area (Å²) in [6, 6.07) is 1.63. The fraction of sp³-hybridized carbons (Fsp3) is 0.714. The summed E-state index contributed by atoms with van der Waals surface area (Å²) in [7, 11) is 1.79. The van der Waals surface area contributed by atoms with Crippen LogP contribution in [0.5, 0.6) is 0 Å².